The van der Waals surface area contributed by atoms with Gasteiger partial charge in [0.2, 0.25) is 0 Å². The molecule has 0 atom stereocenters. The number of alkyl halides is 3. The third kappa shape index (κ3) is 23.6. The predicted molar refractivity (Wildman–Crippen MR) is 356 cm³/mol. The first kappa shape index (κ1) is 85.7. The Balaban J connectivity index is 0.000000309. The number of rotatable bonds is 9. The van der Waals surface area contributed by atoms with E-state index in [0.717, 1.165) is 63.0 Å². The van der Waals surface area contributed by atoms with Gasteiger partial charge in [0.1, 0.15) is 5.69 Å². The van der Waals surface area contributed by atoms with Gasteiger partial charge >= 0.3 is 6.18 Å². The van der Waals surface area contributed by atoms with Gasteiger partial charge in [-0.25, -0.2) is 0 Å². The fourth-order valence-electron chi connectivity index (χ4n) is 9.39. The topological polar surface area (TPSA) is 167 Å². The molecule has 17 nitrogen and oxygen atoms in total. The van der Waals surface area contributed by atoms with E-state index in [1.54, 1.807) is 90.7 Å². The normalized spacial score (nSPS) is 9.89. The second-order valence-corrected chi connectivity index (χ2v) is 20.8. The molecular formula is C74H60F3Ir6N15O2-6. The van der Waals surface area contributed by atoms with E-state index in [2.05, 4.69) is 113 Å². The number of nitro groups is 1. The molecule has 100 heavy (non-hydrogen) atoms. The molecule has 0 aliphatic heterocycles. The van der Waals surface area contributed by atoms with Crippen LogP contribution in [0.4, 0.5) is 24.5 Å². The Morgan fingerprint density at radius 2 is 0.920 bits per heavy atom. The molecule has 0 aliphatic rings. The number of para-hydroxylation sites is 1. The fraction of sp³-hybridized carbons (Fsp3) is 0.108. The van der Waals surface area contributed by atoms with Crippen LogP contribution in [0.2, 0.25) is 0 Å². The molecule has 524 valence electrons. The second kappa shape index (κ2) is 41.9. The number of non-ortho nitro benzene ring substituents is 1. The first-order valence-corrected chi connectivity index (χ1v) is 29.0. The van der Waals surface area contributed by atoms with Crippen LogP contribution in [-0.4, -0.2) is 67.2 Å². The Hall–Kier alpha value is -8.47. The van der Waals surface area contributed by atoms with Gasteiger partial charge in [0.25, 0.3) is 0 Å². The van der Waals surface area contributed by atoms with E-state index in [9.17, 15) is 23.3 Å². The molecule has 0 bridgehead atoms. The van der Waals surface area contributed by atoms with E-state index >= 15 is 0 Å². The van der Waals surface area contributed by atoms with Crippen molar-refractivity contribution in [2.24, 2.45) is 28.2 Å². The zero-order chi connectivity index (χ0) is 66.6. The van der Waals surface area contributed by atoms with Gasteiger partial charge in [0.05, 0.1) is 53.4 Å². The number of pyridine rings is 1. The molecule has 26 heteroatoms. The number of hydrogen-bond donors (Lipinski definition) is 0. The van der Waals surface area contributed by atoms with E-state index in [4.69, 9.17) is 6.57 Å². The summed E-state index contributed by atoms with van der Waals surface area (Å²) in [7, 11) is 7.47. The van der Waals surface area contributed by atoms with E-state index in [1.165, 1.54) is 29.3 Å². The monoisotopic (exact) mass is 2410 g/mol. The van der Waals surface area contributed by atoms with E-state index in [1.807, 2.05) is 163 Å². The molecule has 7 aromatic heterocycles. The summed E-state index contributed by atoms with van der Waals surface area (Å²) >= 11 is 0. The maximum Gasteiger partial charge on any atom is 0.399 e. The Labute approximate surface area is 659 Å². The van der Waals surface area contributed by atoms with Crippen molar-refractivity contribution in [1.82, 2.24) is 62.3 Å². The Morgan fingerprint density at radius 3 is 1.38 bits per heavy atom. The van der Waals surface area contributed by atoms with Crippen LogP contribution in [0.15, 0.2) is 238 Å². The molecular weight excluding hydrogens is 2340 g/mol. The number of nitrogens with zero attached hydrogens (tertiary/aromatic N) is 15. The number of nitro benzene ring substituents is 1. The summed E-state index contributed by atoms with van der Waals surface area (Å²) in [5, 5.41) is 10.6. The summed E-state index contributed by atoms with van der Waals surface area (Å²) in [6.07, 6.45) is 20.7. The van der Waals surface area contributed by atoms with Crippen molar-refractivity contribution < 1.29 is 139 Å². The van der Waals surface area contributed by atoms with E-state index in [-0.39, 0.29) is 126 Å². The molecule has 14 aromatic rings. The van der Waals surface area contributed by atoms with Crippen molar-refractivity contribution in [3.05, 3.63) is 319 Å². The quantitative estimate of drug-likeness (QED) is 0.0776. The summed E-state index contributed by atoms with van der Waals surface area (Å²) in [5.41, 5.74) is 9.88. The first-order chi connectivity index (χ1) is 45.4. The molecule has 6 radical (unpaired) electrons. The molecule has 14 rings (SSSR count). The standard InChI is InChI=1S/C15H11N2.C14H10N3.C12H10F3N2.C12H13N2.C11H8N3.C10H8N3O2.6Ir/c1-3-7-13(8-4-1)15-16-11-12-17(15)14-9-5-2-6-10-14;1-2-5-12(6-3-1)14-16-9-10-17(14)13-7-4-8-15-11-13;1-8-5-9(11-16-3-4-17(11)2)7-10(6-8)12(13,14)15;1-9-4-5-11(10(2)8-9)12-13-6-7-14(12)3;1-12-10-5-3-4-9(8-10)11-13-6-7-14(11)2;1-12-6-5-11-10(12)8-3-2-4-9(7-8)13(14)15;;;;;;/h1-7,9-12H;1-5,7-11H;3-6H,1-2H3;4,6-8H,1-3H3;3,5-8H,2H3;2,4-7H,1H3;;;;;;/q6*-1;;;;;;. The molecule has 0 saturated carbocycles. The molecule has 7 heterocycles. The van der Waals surface area contributed by atoms with Crippen LogP contribution in [0.3, 0.4) is 0 Å². The van der Waals surface area contributed by atoms with Crippen LogP contribution in [0, 0.1) is 73.9 Å². The molecule has 0 saturated heterocycles. The number of aryl methyl sites for hydroxylation is 7. The van der Waals surface area contributed by atoms with Crippen molar-refractivity contribution in [2.75, 3.05) is 0 Å². The van der Waals surface area contributed by atoms with Crippen molar-refractivity contribution >= 4 is 11.4 Å². The predicted octanol–water partition coefficient (Wildman–Crippen LogP) is 16.0. The number of benzene rings is 7. The summed E-state index contributed by atoms with van der Waals surface area (Å²) in [4.78, 5) is 43.0. The Bertz CT molecular complexity index is 4560. The number of halogens is 3. The zero-order valence-corrected chi connectivity index (χ0v) is 68.5. The summed E-state index contributed by atoms with van der Waals surface area (Å²) in [5.74, 6) is 4.73. The van der Waals surface area contributed by atoms with E-state index in [0.29, 0.717) is 34.0 Å². The maximum atomic E-state index is 12.6. The fourth-order valence-corrected chi connectivity index (χ4v) is 9.39. The number of aromatic nitrogens is 13. The van der Waals surface area contributed by atoms with Crippen LogP contribution >= 0.6 is 0 Å². The van der Waals surface area contributed by atoms with Gasteiger partial charge < -0.3 is 27.4 Å². The smallest absolute Gasteiger partial charge is 0.373 e. The van der Waals surface area contributed by atoms with Gasteiger partial charge in [-0.1, -0.05) is 51.1 Å². The average Bonchev–Trinajstić information content (AvgIpc) is 1.26. The second-order valence-electron chi connectivity index (χ2n) is 20.8. The third-order valence-corrected chi connectivity index (χ3v) is 13.9. The number of imidazole rings is 6. The van der Waals surface area contributed by atoms with E-state index < -0.39 is 16.7 Å². The van der Waals surface area contributed by atoms with Crippen LogP contribution < -0.4 is 0 Å². The van der Waals surface area contributed by atoms with Crippen molar-refractivity contribution in [3.63, 3.8) is 0 Å². The summed E-state index contributed by atoms with van der Waals surface area (Å²) in [6.45, 7) is 12.7. The average molecular weight is 2400 g/mol. The van der Waals surface area contributed by atoms with Crippen molar-refractivity contribution in [3.8, 4) is 79.7 Å². The minimum atomic E-state index is -4.38. The summed E-state index contributed by atoms with van der Waals surface area (Å²) < 4.78 is 49.3. The number of hydrogen-bond acceptors (Lipinski definition) is 9. The SMILES string of the molecule is Cc1c[c-]c(-c2nccn2C)c(C)c1.Cc1cc(-c2nccn2C)[c-]c(C(F)(F)F)c1.Cn1ccnc1-c1[c-]ccc([N+](=O)[O-])c1.[C-]#[N+]c1cc[c-]c(-c2nccn2C)c1.[Ir].[Ir].[Ir].[Ir].[Ir].[Ir].[c-]1ccccc1-c1nccn1-c1ccccc1.[c-]1ccccc1-c1nccn1-c1cccnc1. The van der Waals surface area contributed by atoms with Crippen LogP contribution in [-0.2, 0) is 155 Å². The Kier molecular flexibility index (Phi) is 36.0. The van der Waals surface area contributed by atoms with Crippen molar-refractivity contribution in [2.45, 2.75) is 26.9 Å². The van der Waals surface area contributed by atoms with Gasteiger partial charge in [-0.3, -0.25) is 49.8 Å². The van der Waals surface area contributed by atoms with Gasteiger partial charge in [-0.15, -0.1) is 177 Å². The molecule has 0 amide bonds. The van der Waals surface area contributed by atoms with Crippen LogP contribution in [0.1, 0.15) is 22.3 Å². The maximum absolute atomic E-state index is 12.6. The first-order valence-electron chi connectivity index (χ1n) is 29.0. The minimum absolute atomic E-state index is 0. The molecule has 0 aliphatic carbocycles. The van der Waals surface area contributed by atoms with Crippen LogP contribution in [0.25, 0.3) is 84.5 Å². The molecule has 0 N–H and O–H groups in total. The molecule has 7 aromatic carbocycles. The van der Waals surface area contributed by atoms with Crippen molar-refractivity contribution in [1.29, 1.82) is 0 Å². The minimum Gasteiger partial charge on any atom is -0.373 e. The van der Waals surface area contributed by atoms with Gasteiger partial charge in [-0.2, -0.15) is 19.2 Å². The third-order valence-electron chi connectivity index (χ3n) is 13.9. The van der Waals surface area contributed by atoms with Gasteiger partial charge in [-0.05, 0) is 29.8 Å². The summed E-state index contributed by atoms with van der Waals surface area (Å²) in [6, 6.07) is 64.3. The van der Waals surface area contributed by atoms with Crippen LogP contribution in [0.5, 0.6) is 0 Å². The zero-order valence-electron chi connectivity index (χ0n) is 54.2. The van der Waals surface area contributed by atoms with Gasteiger partial charge in [0, 0.05) is 240 Å². The molecule has 0 unspecified atom stereocenters. The molecule has 0 fully saturated rings. The van der Waals surface area contributed by atoms with Gasteiger partial charge in [0.15, 0.2) is 5.69 Å². The largest absolute Gasteiger partial charge is 0.399 e. The molecule has 0 spiro atoms. The Morgan fingerprint density at radius 1 is 0.460 bits per heavy atom.